The highest BCUT2D eigenvalue weighted by molar-refractivity contribution is 5.81. The van der Waals surface area contributed by atoms with E-state index in [4.69, 9.17) is 0 Å². The fourth-order valence-corrected chi connectivity index (χ4v) is 3.83. The molecule has 0 heterocycles. The largest absolute Gasteiger partial charge is 0.342 e. The molecule has 0 bridgehead atoms. The number of amides is 1. The SMILES string of the molecule is CC(C)CN(C[C@H]1CC1C1CC=CCC1)C(=O)C1CC1. The summed E-state index contributed by atoms with van der Waals surface area (Å²) in [4.78, 5) is 14.6. The summed E-state index contributed by atoms with van der Waals surface area (Å²) in [7, 11) is 0. The van der Waals surface area contributed by atoms with E-state index < -0.39 is 0 Å². The van der Waals surface area contributed by atoms with Crippen molar-refractivity contribution in [1.29, 1.82) is 0 Å². The molecule has 2 nitrogen and oxygen atoms in total. The molecule has 112 valence electrons. The average molecular weight is 275 g/mol. The molecule has 3 aliphatic carbocycles. The Morgan fingerprint density at radius 1 is 1.25 bits per heavy atom. The molecule has 2 fully saturated rings. The van der Waals surface area contributed by atoms with E-state index in [-0.39, 0.29) is 0 Å². The number of hydrogen-bond acceptors (Lipinski definition) is 1. The molecule has 0 radical (unpaired) electrons. The van der Waals surface area contributed by atoms with Crippen molar-refractivity contribution in [3.63, 3.8) is 0 Å². The molecule has 1 amide bonds. The maximum atomic E-state index is 12.4. The van der Waals surface area contributed by atoms with Gasteiger partial charge in [-0.05, 0) is 62.2 Å². The van der Waals surface area contributed by atoms with E-state index in [0.29, 0.717) is 17.7 Å². The summed E-state index contributed by atoms with van der Waals surface area (Å²) in [5, 5.41) is 0. The van der Waals surface area contributed by atoms with Gasteiger partial charge in [-0.2, -0.15) is 0 Å². The smallest absolute Gasteiger partial charge is 0.225 e. The van der Waals surface area contributed by atoms with Gasteiger partial charge >= 0.3 is 0 Å². The maximum absolute atomic E-state index is 12.4. The molecule has 2 heteroatoms. The van der Waals surface area contributed by atoms with E-state index in [9.17, 15) is 4.79 Å². The third kappa shape index (κ3) is 3.45. The van der Waals surface area contributed by atoms with Crippen LogP contribution in [0.5, 0.6) is 0 Å². The van der Waals surface area contributed by atoms with Crippen molar-refractivity contribution in [3.05, 3.63) is 12.2 Å². The van der Waals surface area contributed by atoms with Crippen molar-refractivity contribution in [2.45, 2.75) is 52.4 Å². The second-order valence-electron chi connectivity index (χ2n) is 7.62. The van der Waals surface area contributed by atoms with Gasteiger partial charge in [0.2, 0.25) is 5.91 Å². The van der Waals surface area contributed by atoms with E-state index in [2.05, 4.69) is 30.9 Å². The second-order valence-corrected chi connectivity index (χ2v) is 7.62. The molecule has 20 heavy (non-hydrogen) atoms. The predicted molar refractivity (Wildman–Crippen MR) is 82.2 cm³/mol. The maximum Gasteiger partial charge on any atom is 0.225 e. The van der Waals surface area contributed by atoms with Crippen LogP contribution in [-0.4, -0.2) is 23.9 Å². The number of rotatable bonds is 6. The Bertz CT molecular complexity index is 383. The number of nitrogens with zero attached hydrogens (tertiary/aromatic N) is 1. The molecule has 3 rings (SSSR count). The van der Waals surface area contributed by atoms with Crippen LogP contribution >= 0.6 is 0 Å². The molecule has 0 saturated heterocycles. The van der Waals surface area contributed by atoms with E-state index in [0.717, 1.165) is 43.7 Å². The molecule has 3 atom stereocenters. The van der Waals surface area contributed by atoms with Gasteiger partial charge < -0.3 is 4.90 Å². The van der Waals surface area contributed by atoms with Crippen LogP contribution < -0.4 is 0 Å². The van der Waals surface area contributed by atoms with Gasteiger partial charge in [0.25, 0.3) is 0 Å². The molecule has 0 spiro atoms. The highest BCUT2D eigenvalue weighted by Crippen LogP contribution is 2.49. The summed E-state index contributed by atoms with van der Waals surface area (Å²) in [5.41, 5.74) is 0. The number of allylic oxidation sites excluding steroid dienone is 2. The highest BCUT2D eigenvalue weighted by Gasteiger charge is 2.44. The van der Waals surface area contributed by atoms with Crippen molar-refractivity contribution in [1.82, 2.24) is 4.90 Å². The fraction of sp³-hybridized carbons (Fsp3) is 0.833. The lowest BCUT2D eigenvalue weighted by atomic mass is 9.89. The van der Waals surface area contributed by atoms with Crippen LogP contribution in [0.1, 0.15) is 52.4 Å². The Labute approximate surface area is 123 Å². The van der Waals surface area contributed by atoms with Crippen molar-refractivity contribution in [2.24, 2.45) is 29.6 Å². The molecule has 0 aromatic rings. The van der Waals surface area contributed by atoms with Crippen LogP contribution in [0.2, 0.25) is 0 Å². The van der Waals surface area contributed by atoms with E-state index in [1.807, 2.05) is 0 Å². The van der Waals surface area contributed by atoms with Gasteiger partial charge in [-0.25, -0.2) is 0 Å². The molecular weight excluding hydrogens is 246 g/mol. The van der Waals surface area contributed by atoms with Gasteiger partial charge in [0.1, 0.15) is 0 Å². The molecule has 2 saturated carbocycles. The Kier molecular flexibility index (Phi) is 4.18. The van der Waals surface area contributed by atoms with Crippen molar-refractivity contribution < 1.29 is 4.79 Å². The van der Waals surface area contributed by atoms with Gasteiger partial charge in [0.05, 0.1) is 0 Å². The van der Waals surface area contributed by atoms with Gasteiger partial charge in [-0.3, -0.25) is 4.79 Å². The van der Waals surface area contributed by atoms with E-state index in [1.165, 1.54) is 25.7 Å². The molecule has 0 aromatic heterocycles. The minimum Gasteiger partial charge on any atom is -0.342 e. The lowest BCUT2D eigenvalue weighted by Crippen LogP contribution is -2.37. The Balaban J connectivity index is 1.51. The summed E-state index contributed by atoms with van der Waals surface area (Å²) in [6.45, 7) is 6.45. The first-order valence-corrected chi connectivity index (χ1v) is 8.59. The minimum absolute atomic E-state index is 0.378. The normalized spacial score (nSPS) is 32.5. The van der Waals surface area contributed by atoms with Crippen LogP contribution in [-0.2, 0) is 4.79 Å². The fourth-order valence-electron chi connectivity index (χ4n) is 3.83. The third-order valence-electron chi connectivity index (χ3n) is 5.17. The topological polar surface area (TPSA) is 20.3 Å². The van der Waals surface area contributed by atoms with Gasteiger partial charge in [-0.15, -0.1) is 0 Å². The number of carbonyl (C=O) groups is 1. The summed E-state index contributed by atoms with van der Waals surface area (Å²) in [6.07, 6.45) is 12.3. The standard InChI is InChI=1S/C18H29NO/c1-13(2)11-19(18(20)15-8-9-15)12-16-10-17(16)14-6-4-3-5-7-14/h3-4,13-17H,5-12H2,1-2H3/t14?,16-,17?/m1/s1. The third-order valence-corrected chi connectivity index (χ3v) is 5.17. The summed E-state index contributed by atoms with van der Waals surface area (Å²) in [6, 6.07) is 0. The lowest BCUT2D eigenvalue weighted by Gasteiger charge is -2.26. The summed E-state index contributed by atoms with van der Waals surface area (Å²) >= 11 is 0. The Morgan fingerprint density at radius 2 is 2.05 bits per heavy atom. The zero-order valence-electron chi connectivity index (χ0n) is 13.1. The zero-order valence-corrected chi connectivity index (χ0v) is 13.1. The summed E-state index contributed by atoms with van der Waals surface area (Å²) < 4.78 is 0. The second kappa shape index (κ2) is 5.91. The quantitative estimate of drug-likeness (QED) is 0.674. The van der Waals surface area contributed by atoms with Gasteiger partial charge in [0, 0.05) is 19.0 Å². The monoisotopic (exact) mass is 275 g/mol. The van der Waals surface area contributed by atoms with E-state index in [1.54, 1.807) is 0 Å². The van der Waals surface area contributed by atoms with Crippen molar-refractivity contribution >= 4 is 5.91 Å². The minimum atomic E-state index is 0.378. The van der Waals surface area contributed by atoms with Crippen molar-refractivity contribution in [2.75, 3.05) is 13.1 Å². The van der Waals surface area contributed by atoms with Gasteiger partial charge in [0.15, 0.2) is 0 Å². The molecule has 0 aliphatic heterocycles. The van der Waals surface area contributed by atoms with Gasteiger partial charge in [-0.1, -0.05) is 26.0 Å². The molecule has 0 aromatic carbocycles. The first-order valence-electron chi connectivity index (χ1n) is 8.59. The van der Waals surface area contributed by atoms with Crippen LogP contribution in [0.3, 0.4) is 0 Å². The lowest BCUT2D eigenvalue weighted by molar-refractivity contribution is -0.133. The first kappa shape index (κ1) is 14.2. The summed E-state index contributed by atoms with van der Waals surface area (Å²) in [5.74, 6) is 4.03. The highest BCUT2D eigenvalue weighted by atomic mass is 16.2. The molecule has 2 unspecified atom stereocenters. The zero-order chi connectivity index (χ0) is 14.1. The van der Waals surface area contributed by atoms with Crippen LogP contribution in [0.25, 0.3) is 0 Å². The van der Waals surface area contributed by atoms with Crippen LogP contribution in [0.15, 0.2) is 12.2 Å². The number of carbonyl (C=O) groups excluding carboxylic acids is 1. The Hall–Kier alpha value is -0.790. The number of hydrogen-bond donors (Lipinski definition) is 0. The predicted octanol–water partition coefficient (Wildman–Crippen LogP) is 3.87. The molecule has 3 aliphatic rings. The van der Waals surface area contributed by atoms with Crippen molar-refractivity contribution in [3.8, 4) is 0 Å². The first-order chi connectivity index (χ1) is 9.65. The molecular formula is C18H29NO. The van der Waals surface area contributed by atoms with Crippen LogP contribution in [0.4, 0.5) is 0 Å². The average Bonchev–Trinajstić information content (AvgIpc) is 3.32. The molecule has 0 N–H and O–H groups in total. The van der Waals surface area contributed by atoms with E-state index >= 15 is 0 Å². The van der Waals surface area contributed by atoms with Crippen LogP contribution in [0, 0.1) is 29.6 Å². The Morgan fingerprint density at radius 3 is 2.65 bits per heavy atom.